The van der Waals surface area contributed by atoms with Crippen LogP contribution in [0.25, 0.3) is 0 Å². The molecule has 170 valence electrons. The van der Waals surface area contributed by atoms with Crippen molar-refractivity contribution in [1.82, 2.24) is 20.0 Å². The highest BCUT2D eigenvalue weighted by Gasteiger charge is 2.34. The zero-order valence-electron chi connectivity index (χ0n) is 19.0. The maximum atomic E-state index is 13.0. The van der Waals surface area contributed by atoms with Gasteiger partial charge in [-0.2, -0.15) is 0 Å². The van der Waals surface area contributed by atoms with Crippen molar-refractivity contribution in [3.05, 3.63) is 70.5 Å². The standard InChI is InChI=1S/C25H27N5O3/c1-3-19-12-21(33-28-19)25(32)29-11-7-10-18(15-29)23-26-16(2)20-13-22(31)30(24(20)27-23)14-17-8-5-4-6-9-17/h4-6,8-9,12,18H,3,7,10-11,13-15H2,1-2H3. The molecule has 1 saturated heterocycles. The van der Waals surface area contributed by atoms with Gasteiger partial charge in [0, 0.05) is 36.3 Å². The Bertz CT molecular complexity index is 1190. The highest BCUT2D eigenvalue weighted by molar-refractivity contribution is 6.00. The molecule has 1 unspecified atom stereocenters. The number of carbonyl (C=O) groups is 2. The lowest BCUT2D eigenvalue weighted by atomic mass is 9.96. The molecule has 2 aliphatic rings. The van der Waals surface area contributed by atoms with E-state index in [1.807, 2.05) is 44.2 Å². The third-order valence-corrected chi connectivity index (χ3v) is 6.48. The molecule has 2 aromatic heterocycles. The van der Waals surface area contributed by atoms with Gasteiger partial charge in [0.2, 0.25) is 11.7 Å². The molecule has 8 heteroatoms. The van der Waals surface area contributed by atoms with Gasteiger partial charge in [0.1, 0.15) is 11.6 Å². The minimum Gasteiger partial charge on any atom is -0.351 e. The molecule has 4 heterocycles. The molecule has 3 aromatic rings. The molecule has 2 amide bonds. The number of hydrogen-bond acceptors (Lipinski definition) is 6. The maximum Gasteiger partial charge on any atom is 0.292 e. The Morgan fingerprint density at radius 3 is 2.79 bits per heavy atom. The summed E-state index contributed by atoms with van der Waals surface area (Å²) < 4.78 is 5.26. The topological polar surface area (TPSA) is 92.4 Å². The summed E-state index contributed by atoms with van der Waals surface area (Å²) in [5.41, 5.74) is 3.57. The number of rotatable bonds is 5. The molecule has 0 bridgehead atoms. The minimum absolute atomic E-state index is 0.00884. The van der Waals surface area contributed by atoms with Gasteiger partial charge in [-0.3, -0.25) is 14.5 Å². The van der Waals surface area contributed by atoms with Crippen molar-refractivity contribution in [2.75, 3.05) is 18.0 Å². The third-order valence-electron chi connectivity index (χ3n) is 6.48. The van der Waals surface area contributed by atoms with E-state index in [4.69, 9.17) is 14.5 Å². The second-order valence-corrected chi connectivity index (χ2v) is 8.74. The normalized spacial score (nSPS) is 18.0. The van der Waals surface area contributed by atoms with Gasteiger partial charge in [-0.15, -0.1) is 0 Å². The van der Waals surface area contributed by atoms with Gasteiger partial charge in [0.25, 0.3) is 5.91 Å². The molecule has 5 rings (SSSR count). The SMILES string of the molecule is CCc1cc(C(=O)N2CCCC(c3nc(C)c4c(n3)N(Cc3ccccc3)C(=O)C4)C2)on1. The molecule has 0 saturated carbocycles. The van der Waals surface area contributed by atoms with Crippen molar-refractivity contribution in [3.8, 4) is 0 Å². The number of amides is 2. The lowest BCUT2D eigenvalue weighted by Crippen LogP contribution is -2.39. The largest absolute Gasteiger partial charge is 0.351 e. The van der Waals surface area contributed by atoms with E-state index in [0.29, 0.717) is 37.7 Å². The summed E-state index contributed by atoms with van der Waals surface area (Å²) in [6, 6.07) is 11.6. The molecule has 0 spiro atoms. The maximum absolute atomic E-state index is 13.0. The fourth-order valence-corrected chi connectivity index (χ4v) is 4.62. The lowest BCUT2D eigenvalue weighted by Gasteiger charge is -2.31. The molecule has 33 heavy (non-hydrogen) atoms. The molecular formula is C25H27N5O3. The van der Waals surface area contributed by atoms with Gasteiger partial charge in [-0.25, -0.2) is 9.97 Å². The Labute approximate surface area is 192 Å². The van der Waals surface area contributed by atoms with Gasteiger partial charge in [0.05, 0.1) is 18.7 Å². The van der Waals surface area contributed by atoms with Crippen molar-refractivity contribution in [1.29, 1.82) is 0 Å². The summed E-state index contributed by atoms with van der Waals surface area (Å²) >= 11 is 0. The summed E-state index contributed by atoms with van der Waals surface area (Å²) in [5, 5.41) is 3.94. The van der Waals surface area contributed by atoms with E-state index in [-0.39, 0.29) is 23.5 Å². The van der Waals surface area contributed by atoms with Gasteiger partial charge in [0.15, 0.2) is 0 Å². The van der Waals surface area contributed by atoms with Crippen LogP contribution in [0.2, 0.25) is 0 Å². The Morgan fingerprint density at radius 1 is 1.21 bits per heavy atom. The van der Waals surface area contributed by atoms with Gasteiger partial charge >= 0.3 is 0 Å². The number of carbonyl (C=O) groups excluding carboxylic acids is 2. The molecule has 8 nitrogen and oxygen atoms in total. The molecule has 0 aliphatic carbocycles. The van der Waals surface area contributed by atoms with Crippen LogP contribution in [-0.4, -0.2) is 44.9 Å². The molecule has 1 aromatic carbocycles. The first-order valence-electron chi connectivity index (χ1n) is 11.5. The summed E-state index contributed by atoms with van der Waals surface area (Å²) in [6.45, 7) is 5.59. The summed E-state index contributed by atoms with van der Waals surface area (Å²) in [5.74, 6) is 1.58. The molecule has 2 aliphatic heterocycles. The number of aromatic nitrogens is 3. The fourth-order valence-electron chi connectivity index (χ4n) is 4.62. The van der Waals surface area contributed by atoms with Crippen LogP contribution in [0, 0.1) is 6.92 Å². The zero-order valence-corrected chi connectivity index (χ0v) is 19.0. The van der Waals surface area contributed by atoms with Gasteiger partial charge in [-0.05, 0) is 31.7 Å². The van der Waals surface area contributed by atoms with Crippen molar-refractivity contribution in [2.24, 2.45) is 0 Å². The minimum atomic E-state index is -0.148. The summed E-state index contributed by atoms with van der Waals surface area (Å²) in [7, 11) is 0. The van der Waals surface area contributed by atoms with Crippen molar-refractivity contribution >= 4 is 17.6 Å². The fraction of sp³-hybridized carbons (Fsp3) is 0.400. The van der Waals surface area contributed by atoms with Gasteiger partial charge in [-0.1, -0.05) is 42.4 Å². The Hall–Kier alpha value is -3.55. The molecular weight excluding hydrogens is 418 g/mol. The Morgan fingerprint density at radius 2 is 2.03 bits per heavy atom. The van der Waals surface area contributed by atoms with Gasteiger partial charge < -0.3 is 9.42 Å². The van der Waals surface area contributed by atoms with Crippen LogP contribution in [0.3, 0.4) is 0 Å². The second kappa shape index (κ2) is 8.77. The monoisotopic (exact) mass is 445 g/mol. The summed E-state index contributed by atoms with van der Waals surface area (Å²) in [6.07, 6.45) is 2.80. The quantitative estimate of drug-likeness (QED) is 0.597. The number of likely N-dealkylation sites (tertiary alicyclic amines) is 1. The highest BCUT2D eigenvalue weighted by Crippen LogP contribution is 2.33. The average molecular weight is 446 g/mol. The number of piperidine rings is 1. The lowest BCUT2D eigenvalue weighted by molar-refractivity contribution is -0.117. The predicted octanol–water partition coefficient (Wildman–Crippen LogP) is 3.44. The second-order valence-electron chi connectivity index (χ2n) is 8.74. The number of fused-ring (bicyclic) bond motifs is 1. The van der Waals surface area contributed by atoms with Crippen molar-refractivity contribution in [2.45, 2.75) is 52.0 Å². The number of nitrogens with zero attached hydrogens (tertiary/aromatic N) is 5. The molecule has 1 atom stereocenters. The van der Waals surface area contributed by atoms with Crippen LogP contribution in [-0.2, 0) is 24.2 Å². The van der Waals surface area contributed by atoms with E-state index in [1.54, 1.807) is 15.9 Å². The van der Waals surface area contributed by atoms with E-state index in [0.717, 1.165) is 41.8 Å². The van der Waals surface area contributed by atoms with E-state index < -0.39 is 0 Å². The van der Waals surface area contributed by atoms with Crippen LogP contribution in [0.1, 0.15) is 64.6 Å². The smallest absolute Gasteiger partial charge is 0.292 e. The van der Waals surface area contributed by atoms with Crippen LogP contribution in [0.4, 0.5) is 5.82 Å². The zero-order chi connectivity index (χ0) is 22.9. The van der Waals surface area contributed by atoms with Crippen LogP contribution in [0.5, 0.6) is 0 Å². The molecule has 1 fully saturated rings. The first-order chi connectivity index (χ1) is 16.0. The number of aryl methyl sites for hydroxylation is 2. The van der Waals surface area contributed by atoms with Crippen LogP contribution < -0.4 is 4.90 Å². The van der Waals surface area contributed by atoms with E-state index in [9.17, 15) is 9.59 Å². The average Bonchev–Trinajstić information content (AvgIpc) is 3.45. The van der Waals surface area contributed by atoms with Crippen molar-refractivity contribution < 1.29 is 14.1 Å². The first-order valence-corrected chi connectivity index (χ1v) is 11.5. The van der Waals surface area contributed by atoms with Crippen molar-refractivity contribution in [3.63, 3.8) is 0 Å². The Kier molecular flexibility index (Phi) is 5.66. The number of hydrogen-bond donors (Lipinski definition) is 0. The summed E-state index contributed by atoms with van der Waals surface area (Å²) in [4.78, 5) is 38.9. The van der Waals surface area contributed by atoms with Crippen LogP contribution >= 0.6 is 0 Å². The first kappa shape index (κ1) is 21.3. The predicted molar refractivity (Wildman–Crippen MR) is 122 cm³/mol. The highest BCUT2D eigenvalue weighted by atomic mass is 16.5. The number of benzene rings is 1. The van der Waals surface area contributed by atoms with E-state index in [2.05, 4.69) is 5.16 Å². The molecule has 0 radical (unpaired) electrons. The molecule has 0 N–H and O–H groups in total. The Balaban J connectivity index is 1.39. The number of anilines is 1. The van der Waals surface area contributed by atoms with E-state index in [1.165, 1.54) is 0 Å². The van der Waals surface area contributed by atoms with E-state index >= 15 is 0 Å². The van der Waals surface area contributed by atoms with Crippen LogP contribution in [0.15, 0.2) is 40.9 Å². The third kappa shape index (κ3) is 4.13.